The molecule has 8 N–H and O–H groups in total. The van der Waals surface area contributed by atoms with Crippen molar-refractivity contribution >= 4 is 79.3 Å². The van der Waals surface area contributed by atoms with Crippen molar-refractivity contribution in [2.24, 2.45) is 31.9 Å². The number of carbonyl (C=O) groups excluding carboxylic acids is 4. The second-order valence-corrected chi connectivity index (χ2v) is 15.1. The number of phenols is 2. The van der Waals surface area contributed by atoms with Crippen LogP contribution in [0.2, 0.25) is 0 Å². The lowest BCUT2D eigenvalue weighted by Gasteiger charge is -2.13. The molecule has 0 aliphatic carbocycles. The van der Waals surface area contributed by atoms with Crippen LogP contribution in [0.3, 0.4) is 0 Å². The Bertz CT molecular complexity index is 3130. The third-order valence-corrected chi connectivity index (χ3v) is 10.7. The molecule has 0 atom stereocenters. The smallest absolute Gasteiger partial charge is 0.259 e. The highest BCUT2D eigenvalue weighted by Crippen LogP contribution is 2.42. The normalized spacial score (nSPS) is 11.3. The topological polar surface area (TPSA) is 253 Å². The summed E-state index contributed by atoms with van der Waals surface area (Å²) in [7, 11) is 2.87. The van der Waals surface area contributed by atoms with Gasteiger partial charge < -0.3 is 41.8 Å². The zero-order valence-corrected chi connectivity index (χ0v) is 35.9. The summed E-state index contributed by atoms with van der Waals surface area (Å²) in [5.74, 6) is -2.74. The fourth-order valence-corrected chi connectivity index (χ4v) is 7.38. The number of primary amides is 2. The molecule has 0 aliphatic rings. The van der Waals surface area contributed by atoms with E-state index in [-0.39, 0.29) is 45.0 Å². The van der Waals surface area contributed by atoms with E-state index in [4.69, 9.17) is 20.9 Å². The SMILES string of the molecule is COc1ccc(C(N)=O)cc1N=Nc1c(O)c(C(=O)Nc2cccc(Cc3cccc(NC(=O)c4cc5ccccc5c(N=Nc5cc(C(N)=O)ccc5OC)c4O)c3)c2)cc2ccccc12. The van der Waals surface area contributed by atoms with Crippen molar-refractivity contribution in [3.05, 3.63) is 179 Å². The minimum atomic E-state index is -0.667. The van der Waals surface area contributed by atoms with E-state index < -0.39 is 35.1 Å². The van der Waals surface area contributed by atoms with Crippen LogP contribution in [0.15, 0.2) is 166 Å². The van der Waals surface area contributed by atoms with Crippen molar-refractivity contribution in [3.8, 4) is 23.0 Å². The Hall–Kier alpha value is -9.44. The van der Waals surface area contributed by atoms with Gasteiger partial charge in [-0.1, -0.05) is 72.8 Å². The van der Waals surface area contributed by atoms with Crippen LogP contribution >= 0.6 is 0 Å². The maximum Gasteiger partial charge on any atom is 0.259 e. The molecule has 67 heavy (non-hydrogen) atoms. The van der Waals surface area contributed by atoms with Crippen LogP contribution in [0.4, 0.5) is 34.1 Å². The van der Waals surface area contributed by atoms with Crippen LogP contribution in [0.5, 0.6) is 23.0 Å². The van der Waals surface area contributed by atoms with Gasteiger partial charge in [0, 0.05) is 33.3 Å². The quantitative estimate of drug-likeness (QED) is 0.0571. The monoisotopic (exact) mass is 892 g/mol. The number of hydrogen-bond acceptors (Lipinski definition) is 12. The second kappa shape index (κ2) is 19.1. The fourth-order valence-electron chi connectivity index (χ4n) is 7.38. The van der Waals surface area contributed by atoms with Crippen LogP contribution in [0, 0.1) is 0 Å². The van der Waals surface area contributed by atoms with Crippen molar-refractivity contribution in [2.45, 2.75) is 6.42 Å². The van der Waals surface area contributed by atoms with E-state index in [9.17, 15) is 29.4 Å². The largest absolute Gasteiger partial charge is 0.505 e. The number of aromatic hydroxyl groups is 2. The van der Waals surface area contributed by atoms with Gasteiger partial charge in [0.1, 0.15) is 34.2 Å². The predicted octanol–water partition coefficient (Wildman–Crippen LogP) is 10.5. The summed E-state index contributed by atoms with van der Waals surface area (Å²) >= 11 is 0. The Labute approximate surface area is 382 Å². The molecule has 4 amide bonds. The molecule has 0 saturated heterocycles. The summed E-state index contributed by atoms with van der Waals surface area (Å²) in [6.07, 6.45) is 0.408. The van der Waals surface area contributed by atoms with Crippen LogP contribution in [0.25, 0.3) is 21.5 Å². The van der Waals surface area contributed by atoms with Gasteiger partial charge in [-0.25, -0.2) is 0 Å². The predicted molar refractivity (Wildman–Crippen MR) is 254 cm³/mol. The number of nitrogens with one attached hydrogen (secondary N) is 2. The zero-order valence-electron chi connectivity index (χ0n) is 35.9. The lowest BCUT2D eigenvalue weighted by molar-refractivity contribution is 0.0992. The number of amides is 4. The maximum atomic E-state index is 13.8. The van der Waals surface area contributed by atoms with E-state index in [1.54, 1.807) is 97.1 Å². The molecule has 0 spiro atoms. The number of hydrogen-bond donors (Lipinski definition) is 6. The molecule has 0 aromatic heterocycles. The zero-order chi connectivity index (χ0) is 47.2. The van der Waals surface area contributed by atoms with E-state index in [1.807, 2.05) is 12.1 Å². The lowest BCUT2D eigenvalue weighted by atomic mass is 10.0. The molecule has 0 bridgehead atoms. The summed E-state index contributed by atoms with van der Waals surface area (Å²) in [5, 5.41) is 48.2. The lowest BCUT2D eigenvalue weighted by Crippen LogP contribution is -2.13. The van der Waals surface area contributed by atoms with E-state index in [1.165, 1.54) is 50.6 Å². The average molecular weight is 893 g/mol. The highest BCUT2D eigenvalue weighted by molar-refractivity contribution is 6.13. The van der Waals surface area contributed by atoms with E-state index in [0.717, 1.165) is 11.1 Å². The Balaban J connectivity index is 1.01. The summed E-state index contributed by atoms with van der Waals surface area (Å²) in [6, 6.07) is 40.5. The number of benzene rings is 8. The van der Waals surface area contributed by atoms with Crippen molar-refractivity contribution in [1.82, 2.24) is 0 Å². The number of methoxy groups -OCH3 is 2. The minimum absolute atomic E-state index is 0.0303. The van der Waals surface area contributed by atoms with Gasteiger partial charge in [-0.05, 0) is 101 Å². The maximum absolute atomic E-state index is 13.8. The Morgan fingerprint density at radius 3 is 1.33 bits per heavy atom. The van der Waals surface area contributed by atoms with Gasteiger partial charge in [-0.2, -0.15) is 0 Å². The number of nitrogens with two attached hydrogens (primary N) is 2. The van der Waals surface area contributed by atoms with Crippen LogP contribution in [0.1, 0.15) is 52.6 Å². The molecule has 16 heteroatoms. The molecule has 0 aliphatic heterocycles. The summed E-state index contributed by atoms with van der Waals surface area (Å²) in [6.45, 7) is 0. The molecular weight excluding hydrogens is 853 g/mol. The Morgan fingerprint density at radius 1 is 0.507 bits per heavy atom. The highest BCUT2D eigenvalue weighted by Gasteiger charge is 2.21. The van der Waals surface area contributed by atoms with Gasteiger partial charge in [-0.15, -0.1) is 20.5 Å². The minimum Gasteiger partial charge on any atom is -0.505 e. The number of azo groups is 2. The molecule has 0 saturated carbocycles. The molecule has 0 heterocycles. The third-order valence-electron chi connectivity index (χ3n) is 10.7. The molecule has 0 radical (unpaired) electrons. The van der Waals surface area contributed by atoms with Crippen molar-refractivity contribution in [3.63, 3.8) is 0 Å². The summed E-state index contributed by atoms with van der Waals surface area (Å²) in [5.41, 5.74) is 14.2. The number of anilines is 2. The van der Waals surface area contributed by atoms with Gasteiger partial charge >= 0.3 is 0 Å². The molecule has 8 aromatic carbocycles. The average Bonchev–Trinajstić information content (AvgIpc) is 3.33. The van der Waals surface area contributed by atoms with Crippen molar-refractivity contribution in [2.75, 3.05) is 24.9 Å². The molecular formula is C51H40N8O8. The number of phenolic OH excluding ortho intramolecular Hbond substituents is 2. The summed E-state index contributed by atoms with van der Waals surface area (Å²) in [4.78, 5) is 51.4. The number of nitrogens with zero attached hydrogens (tertiary/aromatic N) is 4. The Kier molecular flexibility index (Phi) is 12.6. The first-order valence-corrected chi connectivity index (χ1v) is 20.5. The van der Waals surface area contributed by atoms with Crippen LogP contribution < -0.4 is 31.6 Å². The number of fused-ring (bicyclic) bond motifs is 2. The first kappa shape index (κ1) is 44.2. The molecule has 16 nitrogen and oxygen atoms in total. The molecule has 8 aromatic rings. The number of ether oxygens (including phenoxy) is 2. The third kappa shape index (κ3) is 9.58. The van der Waals surface area contributed by atoms with Crippen molar-refractivity contribution in [1.29, 1.82) is 0 Å². The standard InChI is InChI=1S/C51H40N8O8/c1-66-42-19-17-32(48(52)62)26-40(42)56-58-44-36-15-5-3-11-30(36)24-38(46(44)60)50(64)54-34-13-7-9-28(22-34)21-29-10-8-14-35(23-29)55-51(65)39-25-31-12-4-6-16-37(31)45(47(39)61)59-57-41-27-33(49(53)63)18-20-43(41)67-2/h3-20,22-27,60-61H,21H2,1-2H3,(H2,52,62)(H2,53,63)(H,54,64)(H,55,65). The summed E-state index contributed by atoms with van der Waals surface area (Å²) < 4.78 is 10.7. The number of carbonyl (C=O) groups is 4. The van der Waals surface area contributed by atoms with Gasteiger partial charge in [0.15, 0.2) is 11.5 Å². The second-order valence-electron chi connectivity index (χ2n) is 15.1. The first-order chi connectivity index (χ1) is 32.4. The number of rotatable bonds is 14. The molecule has 8 rings (SSSR count). The van der Waals surface area contributed by atoms with Crippen LogP contribution in [-0.2, 0) is 6.42 Å². The van der Waals surface area contributed by atoms with E-state index in [0.29, 0.717) is 50.8 Å². The molecule has 0 unspecified atom stereocenters. The molecule has 0 fully saturated rings. The fraction of sp³-hybridized carbons (Fsp3) is 0.0588. The van der Waals surface area contributed by atoms with Gasteiger partial charge in [0.05, 0.1) is 25.3 Å². The van der Waals surface area contributed by atoms with E-state index in [2.05, 4.69) is 31.1 Å². The first-order valence-electron chi connectivity index (χ1n) is 20.5. The van der Waals surface area contributed by atoms with Crippen molar-refractivity contribution < 1.29 is 38.9 Å². The van der Waals surface area contributed by atoms with Gasteiger partial charge in [0.25, 0.3) is 11.8 Å². The van der Waals surface area contributed by atoms with E-state index >= 15 is 0 Å². The highest BCUT2D eigenvalue weighted by atomic mass is 16.5. The Morgan fingerprint density at radius 2 is 0.925 bits per heavy atom. The van der Waals surface area contributed by atoms with Gasteiger partial charge in [0.2, 0.25) is 11.8 Å². The van der Waals surface area contributed by atoms with Crippen LogP contribution in [-0.4, -0.2) is 48.1 Å². The van der Waals surface area contributed by atoms with Gasteiger partial charge in [-0.3, -0.25) is 19.2 Å². The molecule has 332 valence electrons.